The van der Waals surface area contributed by atoms with Gasteiger partial charge in [0.15, 0.2) is 5.84 Å². The molecular weight excluding hydrogens is 270 g/mol. The fourth-order valence-electron chi connectivity index (χ4n) is 2.78. The molecule has 2 atom stereocenters. The number of carbonyl (C=O) groups excluding carboxylic acids is 1. The van der Waals surface area contributed by atoms with E-state index in [1.807, 2.05) is 18.2 Å². The Morgan fingerprint density at radius 2 is 2.14 bits per heavy atom. The molecule has 1 heterocycles. The van der Waals surface area contributed by atoms with Gasteiger partial charge >= 0.3 is 0 Å². The predicted molar refractivity (Wildman–Crippen MR) is 79.0 cm³/mol. The summed E-state index contributed by atoms with van der Waals surface area (Å²) in [5.74, 6) is -0.694. The molecule has 2 unspecified atom stereocenters. The van der Waals surface area contributed by atoms with Crippen LogP contribution >= 0.6 is 0 Å². The number of benzene rings is 1. The number of hydrogen-bond acceptors (Lipinski definition) is 4. The van der Waals surface area contributed by atoms with Crippen LogP contribution in [0.5, 0.6) is 0 Å². The number of aliphatic hydroxyl groups is 1. The lowest BCUT2D eigenvalue weighted by Gasteiger charge is -2.23. The van der Waals surface area contributed by atoms with Gasteiger partial charge in [0, 0.05) is 19.7 Å². The van der Waals surface area contributed by atoms with E-state index in [0.29, 0.717) is 31.0 Å². The van der Waals surface area contributed by atoms with Gasteiger partial charge in [0.05, 0.1) is 0 Å². The highest BCUT2D eigenvalue weighted by Crippen LogP contribution is 2.25. The van der Waals surface area contributed by atoms with Crippen LogP contribution in [-0.4, -0.2) is 46.7 Å². The summed E-state index contributed by atoms with van der Waals surface area (Å²) in [7, 11) is 0. The predicted octanol–water partition coefficient (Wildman–Crippen LogP) is 0.747. The van der Waals surface area contributed by atoms with Crippen molar-refractivity contribution in [2.75, 3.05) is 19.7 Å². The summed E-state index contributed by atoms with van der Waals surface area (Å²) in [6, 6.07) is 9.08. The maximum Gasteiger partial charge on any atom is 0.237 e. The highest BCUT2D eigenvalue weighted by Gasteiger charge is 2.33. The van der Waals surface area contributed by atoms with E-state index in [2.05, 4.69) is 5.16 Å². The second-order valence-electron chi connectivity index (χ2n) is 5.32. The third-order valence-corrected chi connectivity index (χ3v) is 3.93. The molecule has 4 N–H and O–H groups in total. The minimum atomic E-state index is -0.760. The number of hydrogen-bond donors (Lipinski definition) is 3. The summed E-state index contributed by atoms with van der Waals surface area (Å²) >= 11 is 0. The van der Waals surface area contributed by atoms with Crippen molar-refractivity contribution in [3.8, 4) is 0 Å². The lowest BCUT2D eigenvalue weighted by molar-refractivity contribution is -0.130. The van der Waals surface area contributed by atoms with Crippen LogP contribution in [0.15, 0.2) is 35.5 Å². The molecule has 0 saturated carbocycles. The first-order chi connectivity index (χ1) is 10.2. The normalized spacial score (nSPS) is 20.5. The number of oxime groups is 1. The zero-order valence-corrected chi connectivity index (χ0v) is 11.9. The highest BCUT2D eigenvalue weighted by atomic mass is 16.4. The summed E-state index contributed by atoms with van der Waals surface area (Å²) in [6.45, 7) is 1.39. The van der Waals surface area contributed by atoms with Crippen LogP contribution in [0.2, 0.25) is 0 Å². The molecule has 1 saturated heterocycles. The molecule has 21 heavy (non-hydrogen) atoms. The van der Waals surface area contributed by atoms with Gasteiger partial charge < -0.3 is 20.9 Å². The minimum absolute atomic E-state index is 0.100. The van der Waals surface area contributed by atoms with E-state index in [1.165, 1.54) is 0 Å². The third kappa shape index (κ3) is 3.52. The number of nitrogens with zero attached hydrogens (tertiary/aromatic N) is 2. The minimum Gasteiger partial charge on any atom is -0.409 e. The van der Waals surface area contributed by atoms with Gasteiger partial charge in [0.1, 0.15) is 5.92 Å². The Morgan fingerprint density at radius 3 is 2.76 bits per heavy atom. The first kappa shape index (κ1) is 15.3. The fourth-order valence-corrected chi connectivity index (χ4v) is 2.78. The summed E-state index contributed by atoms with van der Waals surface area (Å²) < 4.78 is 0. The second kappa shape index (κ2) is 7.08. The lowest BCUT2D eigenvalue weighted by atomic mass is 9.96. The van der Waals surface area contributed by atoms with Gasteiger partial charge in [-0.05, 0) is 24.3 Å². The average molecular weight is 291 g/mol. The van der Waals surface area contributed by atoms with Crippen molar-refractivity contribution in [3.05, 3.63) is 35.9 Å². The van der Waals surface area contributed by atoms with Crippen LogP contribution < -0.4 is 5.73 Å². The summed E-state index contributed by atoms with van der Waals surface area (Å²) in [5, 5.41) is 21.0. The smallest absolute Gasteiger partial charge is 0.237 e. The first-order valence-electron chi connectivity index (χ1n) is 7.09. The number of nitrogens with two attached hydrogens (primary N) is 1. The molecule has 1 aromatic carbocycles. The van der Waals surface area contributed by atoms with Gasteiger partial charge in [0.2, 0.25) is 5.91 Å². The maximum atomic E-state index is 12.7. The largest absolute Gasteiger partial charge is 0.409 e. The Bertz CT molecular complexity index is 504. The number of amidine groups is 1. The molecule has 6 nitrogen and oxygen atoms in total. The number of carbonyl (C=O) groups is 1. The van der Waals surface area contributed by atoms with Crippen molar-refractivity contribution in [1.29, 1.82) is 0 Å². The van der Waals surface area contributed by atoms with Gasteiger partial charge in [0.25, 0.3) is 0 Å². The number of rotatable bonds is 5. The van der Waals surface area contributed by atoms with E-state index in [1.54, 1.807) is 17.0 Å². The number of likely N-dealkylation sites (tertiary alicyclic amines) is 1. The molecule has 1 aliphatic rings. The Kier molecular flexibility index (Phi) is 5.16. The zero-order chi connectivity index (χ0) is 15.2. The van der Waals surface area contributed by atoms with Gasteiger partial charge in [-0.2, -0.15) is 0 Å². The van der Waals surface area contributed by atoms with E-state index < -0.39 is 5.92 Å². The van der Waals surface area contributed by atoms with Crippen molar-refractivity contribution in [2.45, 2.75) is 18.8 Å². The van der Waals surface area contributed by atoms with Gasteiger partial charge in [-0.25, -0.2) is 0 Å². The van der Waals surface area contributed by atoms with E-state index in [4.69, 9.17) is 16.0 Å². The van der Waals surface area contributed by atoms with E-state index in [-0.39, 0.29) is 18.3 Å². The standard InChI is InChI=1S/C15H21N3O3/c16-14(17-21)13(12-4-2-1-3-5-12)15(20)18-8-6-11(10-18)7-9-19/h1-5,11,13,19,21H,6-10H2,(H2,16,17). The molecule has 1 amide bonds. The van der Waals surface area contributed by atoms with Gasteiger partial charge in [-0.3, -0.25) is 4.79 Å². The molecule has 114 valence electrons. The van der Waals surface area contributed by atoms with Gasteiger partial charge in [-0.1, -0.05) is 35.5 Å². The van der Waals surface area contributed by atoms with Crippen molar-refractivity contribution in [2.24, 2.45) is 16.8 Å². The van der Waals surface area contributed by atoms with E-state index in [0.717, 1.165) is 6.42 Å². The molecular formula is C15H21N3O3. The zero-order valence-electron chi connectivity index (χ0n) is 11.9. The van der Waals surface area contributed by atoms with Crippen LogP contribution in [0, 0.1) is 5.92 Å². The third-order valence-electron chi connectivity index (χ3n) is 3.93. The Labute approximate surface area is 123 Å². The molecule has 0 bridgehead atoms. The molecule has 0 radical (unpaired) electrons. The number of amides is 1. The van der Waals surface area contributed by atoms with Crippen molar-refractivity contribution >= 4 is 11.7 Å². The average Bonchev–Trinajstić information content (AvgIpc) is 2.97. The maximum absolute atomic E-state index is 12.7. The quantitative estimate of drug-likeness (QED) is 0.322. The summed E-state index contributed by atoms with van der Waals surface area (Å²) in [5.41, 5.74) is 6.44. The molecule has 0 spiro atoms. The van der Waals surface area contributed by atoms with Crippen molar-refractivity contribution in [3.63, 3.8) is 0 Å². The molecule has 1 aliphatic heterocycles. The van der Waals surface area contributed by atoms with Crippen LogP contribution in [0.3, 0.4) is 0 Å². The number of aliphatic hydroxyl groups excluding tert-OH is 1. The fraction of sp³-hybridized carbons (Fsp3) is 0.467. The van der Waals surface area contributed by atoms with Crippen LogP contribution in [0.1, 0.15) is 24.3 Å². The monoisotopic (exact) mass is 291 g/mol. The molecule has 0 aliphatic carbocycles. The van der Waals surface area contributed by atoms with Crippen LogP contribution in [-0.2, 0) is 4.79 Å². The summed E-state index contributed by atoms with van der Waals surface area (Å²) in [4.78, 5) is 14.4. The molecule has 6 heteroatoms. The molecule has 1 fully saturated rings. The Morgan fingerprint density at radius 1 is 1.43 bits per heavy atom. The van der Waals surface area contributed by atoms with E-state index in [9.17, 15) is 4.79 Å². The second-order valence-corrected chi connectivity index (χ2v) is 5.32. The Balaban J connectivity index is 2.17. The Hall–Kier alpha value is -2.08. The molecule has 2 rings (SSSR count). The van der Waals surface area contributed by atoms with E-state index >= 15 is 0 Å². The highest BCUT2D eigenvalue weighted by molar-refractivity contribution is 6.07. The van der Waals surface area contributed by atoms with Crippen LogP contribution in [0.25, 0.3) is 0 Å². The van der Waals surface area contributed by atoms with Gasteiger partial charge in [-0.15, -0.1) is 0 Å². The molecule has 1 aromatic rings. The SMILES string of the molecule is N/C(=N/O)C(C(=O)N1CCC(CCO)C1)c1ccccc1. The molecule has 0 aromatic heterocycles. The summed E-state index contributed by atoms with van der Waals surface area (Å²) in [6.07, 6.45) is 1.58. The first-order valence-corrected chi connectivity index (χ1v) is 7.09. The van der Waals surface area contributed by atoms with Crippen LogP contribution in [0.4, 0.5) is 0 Å². The van der Waals surface area contributed by atoms with Crippen molar-refractivity contribution < 1.29 is 15.1 Å². The topological polar surface area (TPSA) is 99.2 Å². The lowest BCUT2D eigenvalue weighted by Crippen LogP contribution is -2.39. The van der Waals surface area contributed by atoms with Crippen molar-refractivity contribution in [1.82, 2.24) is 4.90 Å².